The lowest BCUT2D eigenvalue weighted by molar-refractivity contribution is -0.348. The molecule has 1 heterocycles. The average molecular weight is 762 g/mol. The van der Waals surface area contributed by atoms with Crippen molar-refractivity contribution in [3.05, 3.63) is 97.9 Å². The van der Waals surface area contributed by atoms with Gasteiger partial charge in [-0.1, -0.05) is 35.9 Å². The lowest BCUT2D eigenvalue weighted by atomic mass is 9.93. The third kappa shape index (κ3) is 7.59. The predicted octanol–water partition coefficient (Wildman–Crippen LogP) is 7.37. The molecule has 4 aromatic rings. The van der Waals surface area contributed by atoms with E-state index in [9.17, 15) is 49.9 Å². The number of hydrogen-bond donors (Lipinski definition) is 2. The zero-order chi connectivity index (χ0) is 38.2. The number of rotatable bonds is 9. The van der Waals surface area contributed by atoms with Gasteiger partial charge in [0.2, 0.25) is 0 Å². The van der Waals surface area contributed by atoms with Crippen molar-refractivity contribution in [2.45, 2.75) is 44.5 Å². The topological polar surface area (TPSA) is 105 Å². The second-order valence-corrected chi connectivity index (χ2v) is 13.2. The first-order valence-corrected chi connectivity index (χ1v) is 16.7. The summed E-state index contributed by atoms with van der Waals surface area (Å²) in [6.45, 7) is 3.08. The highest BCUT2D eigenvalue weighted by Gasteiger charge is 2.73. The molecule has 0 radical (unpaired) electrons. The number of thioether (sulfide) groups is 1. The van der Waals surface area contributed by atoms with Crippen LogP contribution >= 0.6 is 23.4 Å². The number of hydrogen-bond acceptors (Lipinski definition) is 5. The first-order chi connectivity index (χ1) is 23.6. The van der Waals surface area contributed by atoms with Crippen molar-refractivity contribution in [2.24, 2.45) is 0 Å². The normalized spacial score (nSPS) is 12.9. The van der Waals surface area contributed by atoms with Crippen LogP contribution in [0.15, 0.2) is 59.4 Å². The first-order valence-electron chi connectivity index (χ1n) is 14.9. The number of alkyl halides is 7. The largest absolute Gasteiger partial charge is 0.435 e. The summed E-state index contributed by atoms with van der Waals surface area (Å²) in [6.07, 6.45) is -11.0. The number of aryl methyl sites for hydroxylation is 1. The molecule has 18 heteroatoms. The summed E-state index contributed by atoms with van der Waals surface area (Å²) < 4.78 is 97.5. The summed E-state index contributed by atoms with van der Waals surface area (Å²) in [6, 6.07) is 8.75. The molecule has 0 spiro atoms. The van der Waals surface area contributed by atoms with Crippen molar-refractivity contribution in [3.8, 4) is 0 Å². The molecule has 9 nitrogen and oxygen atoms in total. The van der Waals surface area contributed by atoms with Crippen molar-refractivity contribution >= 4 is 57.9 Å². The van der Waals surface area contributed by atoms with Crippen LogP contribution in [0.25, 0.3) is 11.0 Å². The average Bonchev–Trinajstić information content (AvgIpc) is 3.29. The van der Waals surface area contributed by atoms with Crippen LogP contribution in [0.5, 0.6) is 0 Å². The van der Waals surface area contributed by atoms with Gasteiger partial charge in [0.25, 0.3) is 11.8 Å². The van der Waals surface area contributed by atoms with Crippen molar-refractivity contribution in [1.29, 1.82) is 0 Å². The van der Waals surface area contributed by atoms with E-state index in [-0.39, 0.29) is 46.4 Å². The number of fused-ring (bicyclic) bond motifs is 1. The van der Waals surface area contributed by atoms with Gasteiger partial charge in [-0.2, -0.15) is 38.1 Å². The maximum absolute atomic E-state index is 15.0. The molecule has 0 bridgehead atoms. The second kappa shape index (κ2) is 14.6. The quantitative estimate of drug-likeness (QED) is 0.174. The molecule has 2 N–H and O–H groups in total. The van der Waals surface area contributed by atoms with E-state index in [0.717, 1.165) is 9.47 Å². The molecule has 4 rings (SSSR count). The molecule has 51 heavy (non-hydrogen) atoms. The lowest BCUT2D eigenvalue weighted by Crippen LogP contribution is -2.50. The third-order valence-corrected chi connectivity index (χ3v) is 8.99. The van der Waals surface area contributed by atoms with Gasteiger partial charge in [-0.3, -0.25) is 14.2 Å². The molecule has 274 valence electrons. The summed E-state index contributed by atoms with van der Waals surface area (Å²) in [5.41, 5.74) is -8.60. The Hall–Kier alpha value is -4.51. The Morgan fingerprint density at radius 3 is 2.14 bits per heavy atom. The smallest absolute Gasteiger partial charge is 0.349 e. The van der Waals surface area contributed by atoms with Gasteiger partial charge < -0.3 is 15.5 Å². The SMILES string of the molecule is CSC[C@H](C)NC(=O)c1c(Cl)cccc1C(=O)Nc1ccc(Cn2c(=O)n(C(=O)N(C)C)c3cc(C(F)(C(F)(F)F)C(F)(F)F)ccc32)cc1C. The number of halogens is 8. The Morgan fingerprint density at radius 2 is 1.57 bits per heavy atom. The summed E-state index contributed by atoms with van der Waals surface area (Å²) >= 11 is 7.83. The third-order valence-electron chi connectivity index (χ3n) is 7.84. The fraction of sp³-hybridized carbons (Fsp3) is 0.333. The van der Waals surface area contributed by atoms with Gasteiger partial charge in [-0.15, -0.1) is 0 Å². The number of carbonyl (C=O) groups is 3. The molecule has 1 aromatic heterocycles. The highest BCUT2D eigenvalue weighted by molar-refractivity contribution is 7.98. The minimum absolute atomic E-state index is 0.00235. The van der Waals surface area contributed by atoms with Crippen LogP contribution in [-0.4, -0.2) is 76.4 Å². The van der Waals surface area contributed by atoms with Crippen LogP contribution in [-0.2, 0) is 12.2 Å². The van der Waals surface area contributed by atoms with Crippen LogP contribution < -0.4 is 16.3 Å². The van der Waals surface area contributed by atoms with Gasteiger partial charge >= 0.3 is 29.7 Å². The molecule has 0 aliphatic heterocycles. The van der Waals surface area contributed by atoms with E-state index < -0.39 is 52.6 Å². The Kier molecular flexibility index (Phi) is 11.3. The van der Waals surface area contributed by atoms with E-state index in [1.807, 2.05) is 6.26 Å². The van der Waals surface area contributed by atoms with E-state index >= 15 is 0 Å². The minimum atomic E-state index is -6.42. The summed E-state index contributed by atoms with van der Waals surface area (Å²) in [5.74, 6) is -0.579. The molecule has 1 atom stereocenters. The van der Waals surface area contributed by atoms with E-state index in [1.165, 1.54) is 56.2 Å². The van der Waals surface area contributed by atoms with Crippen LogP contribution in [0.4, 0.5) is 41.2 Å². The molecule has 3 amide bonds. The van der Waals surface area contributed by atoms with E-state index in [4.69, 9.17) is 11.6 Å². The summed E-state index contributed by atoms with van der Waals surface area (Å²) in [7, 11) is 2.40. The van der Waals surface area contributed by atoms with Gasteiger partial charge in [0.15, 0.2) is 0 Å². The van der Waals surface area contributed by atoms with E-state index in [2.05, 4.69) is 10.6 Å². The Morgan fingerprint density at radius 1 is 0.922 bits per heavy atom. The molecular weight excluding hydrogens is 731 g/mol. The Bertz CT molecular complexity index is 2050. The van der Waals surface area contributed by atoms with Crippen molar-refractivity contribution < 1.29 is 45.1 Å². The second-order valence-electron chi connectivity index (χ2n) is 11.8. The van der Waals surface area contributed by atoms with E-state index in [1.54, 1.807) is 19.9 Å². The molecular formula is C33H31ClF7N5O4S. The number of nitrogens with zero attached hydrogens (tertiary/aromatic N) is 3. The summed E-state index contributed by atoms with van der Waals surface area (Å²) in [4.78, 5) is 53.7. The maximum Gasteiger partial charge on any atom is 0.435 e. The number of imidazole rings is 1. The van der Waals surface area contributed by atoms with Crippen molar-refractivity contribution in [2.75, 3.05) is 31.4 Å². The first kappa shape index (κ1) is 39.3. The number of anilines is 1. The zero-order valence-electron chi connectivity index (χ0n) is 27.6. The van der Waals surface area contributed by atoms with Crippen LogP contribution in [0.3, 0.4) is 0 Å². The Labute approximate surface area is 295 Å². The molecule has 3 aromatic carbocycles. The molecule has 0 aliphatic rings. The number of aromatic nitrogens is 2. The molecule has 0 saturated carbocycles. The van der Waals surface area contributed by atoms with Gasteiger partial charge in [0.1, 0.15) is 0 Å². The highest BCUT2D eigenvalue weighted by atomic mass is 35.5. The van der Waals surface area contributed by atoms with Crippen molar-refractivity contribution in [1.82, 2.24) is 19.4 Å². The maximum atomic E-state index is 15.0. The number of amides is 3. The molecule has 0 fully saturated rings. The number of carbonyl (C=O) groups excluding carboxylic acids is 3. The van der Waals surface area contributed by atoms with Crippen LogP contribution in [0, 0.1) is 6.92 Å². The lowest BCUT2D eigenvalue weighted by Gasteiger charge is -2.30. The number of benzene rings is 3. The monoisotopic (exact) mass is 761 g/mol. The molecule has 0 aliphatic carbocycles. The summed E-state index contributed by atoms with van der Waals surface area (Å²) in [5, 5.41) is 5.57. The van der Waals surface area contributed by atoms with Crippen LogP contribution in [0.2, 0.25) is 5.02 Å². The molecule has 0 saturated heterocycles. The predicted molar refractivity (Wildman–Crippen MR) is 181 cm³/mol. The zero-order valence-corrected chi connectivity index (χ0v) is 29.2. The van der Waals surface area contributed by atoms with Crippen molar-refractivity contribution in [3.63, 3.8) is 0 Å². The van der Waals surface area contributed by atoms with Gasteiger partial charge in [-0.05, 0) is 61.6 Å². The number of nitrogens with one attached hydrogen (secondary N) is 2. The van der Waals surface area contributed by atoms with Gasteiger partial charge in [0, 0.05) is 37.1 Å². The highest BCUT2D eigenvalue weighted by Crippen LogP contribution is 2.53. The van der Waals surface area contributed by atoms with Gasteiger partial charge in [0.05, 0.1) is 33.7 Å². The standard InChI is InChI=1S/C33H31ClF7N5O4S/c1-17-13-19(9-11-23(17)43-27(47)21-7-6-8-22(34)26(21)28(48)42-18(2)16-51-5)15-45-24-12-10-20(31(35,32(36,37)38)33(39,40)41)14-25(24)46(30(45)50)29(49)44(3)4/h6-14,18H,15-16H2,1-5H3,(H,42,48)(H,43,47)/t18-/m0/s1. The van der Waals surface area contributed by atoms with E-state index in [0.29, 0.717) is 33.2 Å². The minimum Gasteiger partial charge on any atom is -0.349 e. The Balaban J connectivity index is 1.72. The van der Waals surface area contributed by atoms with Gasteiger partial charge in [-0.25, -0.2) is 18.5 Å². The molecule has 0 unspecified atom stereocenters. The fourth-order valence-corrected chi connectivity index (χ4v) is 6.21. The van der Waals surface area contributed by atoms with Crippen LogP contribution in [0.1, 0.15) is 44.3 Å². The fourth-order valence-electron chi connectivity index (χ4n) is 5.37.